The fourth-order valence-electron chi connectivity index (χ4n) is 1.93. The van der Waals surface area contributed by atoms with Crippen molar-refractivity contribution in [2.45, 2.75) is 53.0 Å². The van der Waals surface area contributed by atoms with Crippen LogP contribution in [0.5, 0.6) is 0 Å². The molecule has 0 aliphatic rings. The molecule has 0 unspecified atom stereocenters. The summed E-state index contributed by atoms with van der Waals surface area (Å²) >= 11 is 7.00. The molecule has 6 heteroatoms. The van der Waals surface area contributed by atoms with Gasteiger partial charge < -0.3 is 0 Å². The average molecular weight is 296 g/mol. The first-order chi connectivity index (χ1) is 8.95. The molecule has 2 heterocycles. The fraction of sp³-hybridized carbons (Fsp3) is 0.615. The molecule has 2 rings (SSSR count). The van der Waals surface area contributed by atoms with E-state index in [1.54, 1.807) is 11.3 Å². The number of nitrogens with zero attached hydrogens (tertiary/aromatic N) is 3. The lowest BCUT2D eigenvalue weighted by Gasteiger charge is -2.05. The second-order valence-electron chi connectivity index (χ2n) is 5.17. The minimum absolute atomic E-state index is 0.384. The maximum Gasteiger partial charge on any atom is 0.195 e. The zero-order chi connectivity index (χ0) is 14.2. The largest absolute Gasteiger partial charge is 0.300 e. The summed E-state index contributed by atoms with van der Waals surface area (Å²) in [6, 6.07) is 0. The van der Waals surface area contributed by atoms with Gasteiger partial charge in [-0.05, 0) is 25.1 Å². The number of aromatic amines is 1. The molecular weight excluding hydrogens is 276 g/mol. The summed E-state index contributed by atoms with van der Waals surface area (Å²) in [6.07, 6.45) is 0. The Morgan fingerprint density at radius 1 is 1.26 bits per heavy atom. The van der Waals surface area contributed by atoms with Crippen molar-refractivity contribution in [2.24, 2.45) is 0 Å². The van der Waals surface area contributed by atoms with Crippen LogP contribution in [0.1, 0.15) is 57.2 Å². The van der Waals surface area contributed by atoms with Gasteiger partial charge in [0, 0.05) is 12.5 Å². The molecule has 2 aromatic rings. The minimum Gasteiger partial charge on any atom is -0.300 e. The average Bonchev–Trinajstić information content (AvgIpc) is 2.91. The minimum atomic E-state index is 0.384. The SMILES string of the molecule is CCn1c(-c2sc(C(C)C)nc2C(C)C)n[nH]c1=S. The van der Waals surface area contributed by atoms with E-state index in [0.717, 1.165) is 27.9 Å². The van der Waals surface area contributed by atoms with Crippen LogP contribution >= 0.6 is 23.6 Å². The highest BCUT2D eigenvalue weighted by atomic mass is 32.1. The van der Waals surface area contributed by atoms with Gasteiger partial charge in [0.05, 0.1) is 15.6 Å². The third-order valence-electron chi connectivity index (χ3n) is 2.99. The smallest absolute Gasteiger partial charge is 0.195 e. The topological polar surface area (TPSA) is 46.5 Å². The molecule has 4 nitrogen and oxygen atoms in total. The summed E-state index contributed by atoms with van der Waals surface area (Å²) in [7, 11) is 0. The molecular formula is C13H20N4S2. The first-order valence-corrected chi connectivity index (χ1v) is 7.84. The maximum absolute atomic E-state index is 5.27. The van der Waals surface area contributed by atoms with E-state index in [-0.39, 0.29) is 0 Å². The van der Waals surface area contributed by atoms with Gasteiger partial charge in [-0.25, -0.2) is 4.98 Å². The Morgan fingerprint density at radius 3 is 2.47 bits per heavy atom. The van der Waals surface area contributed by atoms with Crippen LogP contribution < -0.4 is 0 Å². The second-order valence-corrected chi connectivity index (χ2v) is 6.59. The lowest BCUT2D eigenvalue weighted by molar-refractivity contribution is 0.751. The Bertz CT molecular complexity index is 619. The number of rotatable bonds is 4. The van der Waals surface area contributed by atoms with Gasteiger partial charge in [-0.2, -0.15) is 5.10 Å². The Kier molecular flexibility index (Phi) is 4.20. The number of H-pyrrole nitrogens is 1. The molecule has 1 N–H and O–H groups in total. The quantitative estimate of drug-likeness (QED) is 0.854. The zero-order valence-corrected chi connectivity index (χ0v) is 13.7. The maximum atomic E-state index is 5.27. The summed E-state index contributed by atoms with van der Waals surface area (Å²) in [5.41, 5.74) is 1.12. The predicted molar refractivity (Wildman–Crippen MR) is 82.4 cm³/mol. The summed E-state index contributed by atoms with van der Waals surface area (Å²) in [5, 5.41) is 8.44. The monoisotopic (exact) mass is 296 g/mol. The van der Waals surface area contributed by atoms with Gasteiger partial charge >= 0.3 is 0 Å². The molecule has 0 spiro atoms. The highest BCUT2D eigenvalue weighted by Crippen LogP contribution is 2.36. The zero-order valence-electron chi connectivity index (χ0n) is 12.0. The van der Waals surface area contributed by atoms with E-state index in [0.29, 0.717) is 16.6 Å². The van der Waals surface area contributed by atoms with Crippen molar-refractivity contribution in [1.29, 1.82) is 0 Å². The summed E-state index contributed by atoms with van der Waals surface area (Å²) in [4.78, 5) is 5.93. The van der Waals surface area contributed by atoms with Gasteiger partial charge in [-0.3, -0.25) is 9.67 Å². The van der Waals surface area contributed by atoms with Crippen LogP contribution in [0, 0.1) is 4.77 Å². The van der Waals surface area contributed by atoms with Gasteiger partial charge in [-0.1, -0.05) is 27.7 Å². The third kappa shape index (κ3) is 2.65. The Labute approximate surface area is 122 Å². The second kappa shape index (κ2) is 5.54. The van der Waals surface area contributed by atoms with E-state index in [1.807, 2.05) is 4.57 Å². The fourth-order valence-corrected chi connectivity index (χ4v) is 3.42. The van der Waals surface area contributed by atoms with Crippen molar-refractivity contribution < 1.29 is 0 Å². The van der Waals surface area contributed by atoms with E-state index in [9.17, 15) is 0 Å². The molecule has 0 saturated heterocycles. The van der Waals surface area contributed by atoms with Crippen LogP contribution in [-0.4, -0.2) is 19.7 Å². The van der Waals surface area contributed by atoms with E-state index in [1.165, 1.54) is 0 Å². The lowest BCUT2D eigenvalue weighted by Crippen LogP contribution is -1.99. The van der Waals surface area contributed by atoms with Gasteiger partial charge in [0.1, 0.15) is 0 Å². The van der Waals surface area contributed by atoms with Crippen molar-refractivity contribution in [2.75, 3.05) is 0 Å². The van der Waals surface area contributed by atoms with Crippen LogP contribution in [0.15, 0.2) is 0 Å². The van der Waals surface area contributed by atoms with Gasteiger partial charge in [0.15, 0.2) is 10.6 Å². The molecule has 0 fully saturated rings. The number of nitrogens with one attached hydrogen (secondary N) is 1. The van der Waals surface area contributed by atoms with Crippen LogP contribution in [0.3, 0.4) is 0 Å². The van der Waals surface area contributed by atoms with E-state index in [2.05, 4.69) is 44.8 Å². The molecule has 104 valence electrons. The molecule has 0 aromatic carbocycles. The molecule has 0 amide bonds. The first-order valence-electron chi connectivity index (χ1n) is 6.61. The van der Waals surface area contributed by atoms with Crippen LogP contribution in [0.25, 0.3) is 10.7 Å². The van der Waals surface area contributed by atoms with E-state index < -0.39 is 0 Å². The number of hydrogen-bond acceptors (Lipinski definition) is 4. The summed E-state index contributed by atoms with van der Waals surface area (Å²) < 4.78 is 2.70. The highest BCUT2D eigenvalue weighted by molar-refractivity contribution is 7.71. The van der Waals surface area contributed by atoms with Crippen molar-refractivity contribution in [3.8, 4) is 10.7 Å². The third-order valence-corrected chi connectivity index (χ3v) is 4.67. The summed E-state index contributed by atoms with van der Waals surface area (Å²) in [6.45, 7) is 11.6. The Balaban J connectivity index is 2.63. The normalized spacial score (nSPS) is 11.7. The standard InChI is InChI=1S/C13H20N4S2/c1-6-17-11(15-16-13(17)18)10-9(7(2)3)14-12(19-10)8(4)5/h7-8H,6H2,1-5H3,(H,16,18). The Morgan fingerprint density at radius 2 is 1.95 bits per heavy atom. The first kappa shape index (κ1) is 14.4. The van der Waals surface area contributed by atoms with E-state index >= 15 is 0 Å². The molecule has 0 radical (unpaired) electrons. The van der Waals surface area contributed by atoms with Gasteiger partial charge in [0.2, 0.25) is 0 Å². The van der Waals surface area contributed by atoms with E-state index in [4.69, 9.17) is 17.2 Å². The van der Waals surface area contributed by atoms with Crippen molar-refractivity contribution in [3.63, 3.8) is 0 Å². The molecule has 0 saturated carbocycles. The molecule has 19 heavy (non-hydrogen) atoms. The van der Waals surface area contributed by atoms with Crippen LogP contribution in [0.2, 0.25) is 0 Å². The number of aromatic nitrogens is 4. The number of hydrogen-bond donors (Lipinski definition) is 1. The van der Waals surface area contributed by atoms with Crippen molar-refractivity contribution in [3.05, 3.63) is 15.5 Å². The van der Waals surface area contributed by atoms with Gasteiger partial charge in [-0.15, -0.1) is 11.3 Å². The Hall–Kier alpha value is -1.01. The van der Waals surface area contributed by atoms with Gasteiger partial charge in [0.25, 0.3) is 0 Å². The molecule has 0 atom stereocenters. The molecule has 0 aliphatic heterocycles. The van der Waals surface area contributed by atoms with Crippen LogP contribution in [-0.2, 0) is 6.54 Å². The van der Waals surface area contributed by atoms with Crippen LogP contribution in [0.4, 0.5) is 0 Å². The van der Waals surface area contributed by atoms with Crippen molar-refractivity contribution in [1.82, 2.24) is 19.7 Å². The molecule has 2 aromatic heterocycles. The lowest BCUT2D eigenvalue weighted by atomic mass is 10.1. The molecule has 0 aliphatic carbocycles. The predicted octanol–water partition coefficient (Wildman–Crippen LogP) is 4.33. The summed E-state index contributed by atoms with van der Waals surface area (Å²) in [5.74, 6) is 1.74. The molecule has 0 bridgehead atoms. The highest BCUT2D eigenvalue weighted by Gasteiger charge is 2.21. The number of thiazole rings is 1. The van der Waals surface area contributed by atoms with Crippen molar-refractivity contribution >= 4 is 23.6 Å².